The molecule has 0 bridgehead atoms. The molecule has 0 radical (unpaired) electrons. The van der Waals surface area contributed by atoms with E-state index in [0.29, 0.717) is 5.92 Å². The molecule has 0 aromatic carbocycles. The SMILES string of the molecule is CCC(C(=O)N1CCC(c2cc(N3CCCC3)ncn2)CC1)n1cccn1. The van der Waals surface area contributed by atoms with E-state index in [9.17, 15) is 4.79 Å². The number of rotatable bonds is 5. The molecule has 0 N–H and O–H groups in total. The fraction of sp³-hybridized carbons (Fsp3) is 0.600. The highest BCUT2D eigenvalue weighted by Crippen LogP contribution is 2.30. The zero-order valence-electron chi connectivity index (χ0n) is 16.0. The molecular formula is C20H28N6O. The smallest absolute Gasteiger partial charge is 0.247 e. The van der Waals surface area contributed by atoms with Gasteiger partial charge >= 0.3 is 0 Å². The van der Waals surface area contributed by atoms with Gasteiger partial charge in [0, 0.05) is 56.3 Å². The summed E-state index contributed by atoms with van der Waals surface area (Å²) in [7, 11) is 0. The summed E-state index contributed by atoms with van der Waals surface area (Å²) in [6, 6.07) is 3.83. The first-order chi connectivity index (χ1) is 13.3. The number of piperidine rings is 1. The Morgan fingerprint density at radius 1 is 1.19 bits per heavy atom. The first-order valence-corrected chi connectivity index (χ1v) is 10.1. The third kappa shape index (κ3) is 3.82. The maximum absolute atomic E-state index is 12.9. The van der Waals surface area contributed by atoms with Crippen molar-refractivity contribution >= 4 is 11.7 Å². The van der Waals surface area contributed by atoms with Crippen molar-refractivity contribution in [3.05, 3.63) is 36.5 Å². The minimum Gasteiger partial charge on any atom is -0.357 e. The van der Waals surface area contributed by atoms with Crippen LogP contribution in [0.4, 0.5) is 5.82 Å². The van der Waals surface area contributed by atoms with Crippen LogP contribution in [0.25, 0.3) is 0 Å². The van der Waals surface area contributed by atoms with E-state index in [0.717, 1.165) is 57.0 Å². The van der Waals surface area contributed by atoms with Crippen LogP contribution < -0.4 is 4.90 Å². The summed E-state index contributed by atoms with van der Waals surface area (Å²) in [6.45, 7) is 5.79. The van der Waals surface area contributed by atoms with Crippen LogP contribution in [0.15, 0.2) is 30.9 Å². The van der Waals surface area contributed by atoms with Gasteiger partial charge in [-0.25, -0.2) is 9.97 Å². The van der Waals surface area contributed by atoms with Crippen molar-refractivity contribution in [3.63, 3.8) is 0 Å². The molecule has 27 heavy (non-hydrogen) atoms. The first kappa shape index (κ1) is 17.9. The fourth-order valence-electron chi connectivity index (χ4n) is 4.25. The molecule has 2 aliphatic heterocycles. The van der Waals surface area contributed by atoms with Gasteiger partial charge in [0.1, 0.15) is 18.2 Å². The Hall–Kier alpha value is -2.44. The summed E-state index contributed by atoms with van der Waals surface area (Å²) in [5.41, 5.74) is 1.12. The van der Waals surface area contributed by atoms with Crippen LogP contribution in [0, 0.1) is 0 Å². The average Bonchev–Trinajstić information content (AvgIpc) is 3.43. The van der Waals surface area contributed by atoms with Gasteiger partial charge in [-0.05, 0) is 38.2 Å². The van der Waals surface area contributed by atoms with E-state index in [1.165, 1.54) is 12.8 Å². The number of hydrogen-bond donors (Lipinski definition) is 0. The maximum atomic E-state index is 12.9. The number of hydrogen-bond acceptors (Lipinski definition) is 5. The zero-order chi connectivity index (χ0) is 18.6. The number of likely N-dealkylation sites (tertiary alicyclic amines) is 1. The number of anilines is 1. The average molecular weight is 368 g/mol. The Labute approximate surface area is 160 Å². The molecule has 0 spiro atoms. The second-order valence-electron chi connectivity index (χ2n) is 7.50. The molecule has 2 aromatic heterocycles. The van der Waals surface area contributed by atoms with Crippen LogP contribution >= 0.6 is 0 Å². The van der Waals surface area contributed by atoms with E-state index >= 15 is 0 Å². The second-order valence-corrected chi connectivity index (χ2v) is 7.50. The second kappa shape index (κ2) is 8.06. The molecule has 2 aromatic rings. The highest BCUT2D eigenvalue weighted by Gasteiger charge is 2.30. The summed E-state index contributed by atoms with van der Waals surface area (Å²) < 4.78 is 1.78. The normalized spacial score (nSPS) is 19.4. The minimum absolute atomic E-state index is 0.181. The molecule has 7 heteroatoms. The van der Waals surface area contributed by atoms with E-state index in [1.54, 1.807) is 17.2 Å². The van der Waals surface area contributed by atoms with Gasteiger partial charge in [-0.15, -0.1) is 0 Å². The predicted octanol–water partition coefficient (Wildman–Crippen LogP) is 2.63. The van der Waals surface area contributed by atoms with Crippen LogP contribution in [-0.4, -0.2) is 56.7 Å². The monoisotopic (exact) mass is 368 g/mol. The van der Waals surface area contributed by atoms with Crippen LogP contribution in [0.1, 0.15) is 56.7 Å². The summed E-state index contributed by atoms with van der Waals surface area (Å²) in [4.78, 5) is 26.3. The number of nitrogens with zero attached hydrogens (tertiary/aromatic N) is 6. The molecule has 0 aliphatic carbocycles. The number of amides is 1. The lowest BCUT2D eigenvalue weighted by atomic mass is 9.92. The van der Waals surface area contributed by atoms with Crippen molar-refractivity contribution in [2.24, 2.45) is 0 Å². The quantitative estimate of drug-likeness (QED) is 0.812. The molecule has 4 heterocycles. The van der Waals surface area contributed by atoms with Crippen molar-refractivity contribution in [1.29, 1.82) is 0 Å². The number of carbonyl (C=O) groups is 1. The van der Waals surface area contributed by atoms with Crippen molar-refractivity contribution in [2.45, 2.75) is 51.0 Å². The summed E-state index contributed by atoms with van der Waals surface area (Å²) in [6.07, 6.45) is 10.5. The molecule has 7 nitrogen and oxygen atoms in total. The lowest BCUT2D eigenvalue weighted by Crippen LogP contribution is -2.42. The molecule has 4 rings (SSSR count). The zero-order valence-corrected chi connectivity index (χ0v) is 16.0. The summed E-state index contributed by atoms with van der Waals surface area (Å²) in [5.74, 6) is 1.64. The topological polar surface area (TPSA) is 67.2 Å². The van der Waals surface area contributed by atoms with Crippen LogP contribution in [0.5, 0.6) is 0 Å². The van der Waals surface area contributed by atoms with Gasteiger partial charge < -0.3 is 9.80 Å². The lowest BCUT2D eigenvalue weighted by molar-refractivity contribution is -0.136. The predicted molar refractivity (Wildman–Crippen MR) is 104 cm³/mol. The van der Waals surface area contributed by atoms with Crippen molar-refractivity contribution in [3.8, 4) is 0 Å². The van der Waals surface area contributed by atoms with Gasteiger partial charge in [-0.1, -0.05) is 6.92 Å². The van der Waals surface area contributed by atoms with E-state index in [2.05, 4.69) is 26.0 Å². The van der Waals surface area contributed by atoms with Gasteiger partial charge in [-0.3, -0.25) is 9.48 Å². The molecule has 2 saturated heterocycles. The van der Waals surface area contributed by atoms with Gasteiger partial charge in [-0.2, -0.15) is 5.10 Å². The summed E-state index contributed by atoms with van der Waals surface area (Å²) >= 11 is 0. The maximum Gasteiger partial charge on any atom is 0.247 e. The standard InChI is InChI=1S/C20H28N6O/c1-2-18(26-11-5-8-23-26)20(27)25-12-6-16(7-13-25)17-14-19(22-15-21-17)24-9-3-4-10-24/h5,8,11,14-16,18H,2-4,6-7,9-10,12-13H2,1H3. The summed E-state index contributed by atoms with van der Waals surface area (Å²) in [5, 5.41) is 4.26. The van der Waals surface area contributed by atoms with Crippen molar-refractivity contribution in [1.82, 2.24) is 24.6 Å². The third-order valence-electron chi connectivity index (χ3n) is 5.84. The molecule has 2 aliphatic rings. The Morgan fingerprint density at radius 2 is 1.96 bits per heavy atom. The van der Waals surface area contributed by atoms with E-state index in [-0.39, 0.29) is 11.9 Å². The van der Waals surface area contributed by atoms with Crippen molar-refractivity contribution < 1.29 is 4.79 Å². The van der Waals surface area contributed by atoms with Gasteiger partial charge in [0.2, 0.25) is 5.91 Å². The van der Waals surface area contributed by atoms with Crippen LogP contribution in [-0.2, 0) is 4.79 Å². The third-order valence-corrected chi connectivity index (χ3v) is 5.84. The molecular weight excluding hydrogens is 340 g/mol. The highest BCUT2D eigenvalue weighted by molar-refractivity contribution is 5.80. The van der Waals surface area contributed by atoms with E-state index in [1.807, 2.05) is 24.1 Å². The van der Waals surface area contributed by atoms with Gasteiger partial charge in [0.15, 0.2) is 0 Å². The molecule has 144 valence electrons. The number of aromatic nitrogens is 4. The highest BCUT2D eigenvalue weighted by atomic mass is 16.2. The number of carbonyl (C=O) groups excluding carboxylic acids is 1. The lowest BCUT2D eigenvalue weighted by Gasteiger charge is -2.34. The first-order valence-electron chi connectivity index (χ1n) is 10.1. The molecule has 2 fully saturated rings. The van der Waals surface area contributed by atoms with E-state index < -0.39 is 0 Å². The molecule has 1 amide bonds. The largest absolute Gasteiger partial charge is 0.357 e. The minimum atomic E-state index is -0.197. The molecule has 1 unspecified atom stereocenters. The van der Waals surface area contributed by atoms with Gasteiger partial charge in [0.25, 0.3) is 0 Å². The fourth-order valence-corrected chi connectivity index (χ4v) is 4.25. The van der Waals surface area contributed by atoms with E-state index in [4.69, 9.17) is 0 Å². The van der Waals surface area contributed by atoms with Crippen LogP contribution in [0.3, 0.4) is 0 Å². The van der Waals surface area contributed by atoms with Crippen molar-refractivity contribution in [2.75, 3.05) is 31.1 Å². The Kier molecular flexibility index (Phi) is 5.36. The molecule has 1 atom stereocenters. The Balaban J connectivity index is 1.39. The van der Waals surface area contributed by atoms with Gasteiger partial charge in [0.05, 0.1) is 0 Å². The van der Waals surface area contributed by atoms with Crippen LogP contribution in [0.2, 0.25) is 0 Å². The Bertz CT molecular complexity index is 748. The molecule has 0 saturated carbocycles. The Morgan fingerprint density at radius 3 is 2.63 bits per heavy atom.